The van der Waals surface area contributed by atoms with Gasteiger partial charge in [0.05, 0.1) is 0 Å². The number of benzene rings is 1. The molecule has 0 saturated carbocycles. The molecule has 0 radical (unpaired) electrons. The zero-order valence-corrected chi connectivity index (χ0v) is 8.49. The van der Waals surface area contributed by atoms with Gasteiger partial charge in [-0.1, -0.05) is 0 Å². The molecule has 0 bridgehead atoms. The Kier molecular flexibility index (Phi) is 4.90. The second kappa shape index (κ2) is 5.98. The van der Waals surface area contributed by atoms with E-state index in [1.165, 1.54) is 17.8 Å². The molecule has 0 spiro atoms. The molecular formula is C10H12F2OS. The summed E-state index contributed by atoms with van der Waals surface area (Å²) in [4.78, 5) is 0.336. The smallest absolute Gasteiger partial charge is 0.136 e. The zero-order valence-electron chi connectivity index (χ0n) is 7.67. The van der Waals surface area contributed by atoms with Crippen molar-refractivity contribution in [3.63, 3.8) is 0 Å². The standard InChI is InChI=1S/C10H12F2OS/c11-8-3-4-9(12)10(7-8)14-6-2-1-5-13/h3-4,7,13H,1-2,5-6H2. The first kappa shape index (κ1) is 11.5. The molecule has 0 saturated heterocycles. The Labute approximate surface area is 86.1 Å². The zero-order chi connectivity index (χ0) is 10.4. The fraction of sp³-hybridized carbons (Fsp3) is 0.400. The van der Waals surface area contributed by atoms with E-state index in [4.69, 9.17) is 5.11 Å². The van der Waals surface area contributed by atoms with E-state index in [9.17, 15) is 8.78 Å². The number of aliphatic hydroxyl groups is 1. The van der Waals surface area contributed by atoms with E-state index in [-0.39, 0.29) is 12.4 Å². The van der Waals surface area contributed by atoms with Crippen LogP contribution in [0.4, 0.5) is 8.78 Å². The molecule has 14 heavy (non-hydrogen) atoms. The average Bonchev–Trinajstić information content (AvgIpc) is 2.18. The molecule has 1 aromatic rings. The van der Waals surface area contributed by atoms with Crippen molar-refractivity contribution in [2.24, 2.45) is 0 Å². The van der Waals surface area contributed by atoms with Gasteiger partial charge in [-0.15, -0.1) is 11.8 Å². The number of aliphatic hydroxyl groups excluding tert-OH is 1. The molecule has 1 rings (SSSR count). The summed E-state index contributed by atoms with van der Waals surface area (Å²) in [6, 6.07) is 3.43. The first-order chi connectivity index (χ1) is 6.74. The third kappa shape index (κ3) is 3.64. The van der Waals surface area contributed by atoms with Crippen LogP contribution in [0.5, 0.6) is 0 Å². The van der Waals surface area contributed by atoms with Gasteiger partial charge in [0.15, 0.2) is 0 Å². The monoisotopic (exact) mass is 218 g/mol. The molecule has 0 heterocycles. The van der Waals surface area contributed by atoms with Crippen LogP contribution in [0.3, 0.4) is 0 Å². The van der Waals surface area contributed by atoms with E-state index in [1.807, 2.05) is 0 Å². The molecule has 4 heteroatoms. The van der Waals surface area contributed by atoms with Crippen LogP contribution in [0.15, 0.2) is 23.1 Å². The summed E-state index contributed by atoms with van der Waals surface area (Å²) in [5.41, 5.74) is 0. The lowest BCUT2D eigenvalue weighted by molar-refractivity contribution is 0.287. The molecule has 0 aromatic heterocycles. The maximum atomic E-state index is 13.0. The Hall–Kier alpha value is -0.610. The van der Waals surface area contributed by atoms with Gasteiger partial charge in [0, 0.05) is 11.5 Å². The SMILES string of the molecule is OCCCCSc1cc(F)ccc1F. The highest BCUT2D eigenvalue weighted by atomic mass is 32.2. The lowest BCUT2D eigenvalue weighted by atomic mass is 10.3. The van der Waals surface area contributed by atoms with Crippen molar-refractivity contribution in [3.8, 4) is 0 Å². The van der Waals surface area contributed by atoms with Crippen molar-refractivity contribution in [1.29, 1.82) is 0 Å². The van der Waals surface area contributed by atoms with Crippen molar-refractivity contribution in [3.05, 3.63) is 29.8 Å². The summed E-state index contributed by atoms with van der Waals surface area (Å²) in [5, 5.41) is 8.52. The molecule has 78 valence electrons. The average molecular weight is 218 g/mol. The van der Waals surface area contributed by atoms with Gasteiger partial charge in [0.25, 0.3) is 0 Å². The fourth-order valence-electron chi connectivity index (χ4n) is 0.984. The van der Waals surface area contributed by atoms with Crippen LogP contribution in [-0.4, -0.2) is 17.5 Å². The number of hydrogen-bond donors (Lipinski definition) is 1. The van der Waals surface area contributed by atoms with Gasteiger partial charge in [0.2, 0.25) is 0 Å². The van der Waals surface area contributed by atoms with Gasteiger partial charge in [-0.3, -0.25) is 0 Å². The minimum Gasteiger partial charge on any atom is -0.396 e. The predicted octanol–water partition coefficient (Wildman–Crippen LogP) is 2.83. The van der Waals surface area contributed by atoms with Crippen molar-refractivity contribution >= 4 is 11.8 Å². The summed E-state index contributed by atoms with van der Waals surface area (Å²) in [6.45, 7) is 0.145. The molecule has 0 fully saturated rings. The van der Waals surface area contributed by atoms with Crippen LogP contribution in [0.2, 0.25) is 0 Å². The first-order valence-corrected chi connectivity index (χ1v) is 5.41. The Morgan fingerprint density at radius 2 is 2.00 bits per heavy atom. The van der Waals surface area contributed by atoms with E-state index in [1.54, 1.807) is 0 Å². The second-order valence-electron chi connectivity index (χ2n) is 2.85. The topological polar surface area (TPSA) is 20.2 Å². The van der Waals surface area contributed by atoms with Crippen molar-refractivity contribution < 1.29 is 13.9 Å². The number of thioether (sulfide) groups is 1. The molecule has 0 unspecified atom stereocenters. The fourth-order valence-corrected chi connectivity index (χ4v) is 1.95. The van der Waals surface area contributed by atoms with E-state index >= 15 is 0 Å². The van der Waals surface area contributed by atoms with Crippen molar-refractivity contribution in [1.82, 2.24) is 0 Å². The molecule has 1 nitrogen and oxygen atoms in total. The van der Waals surface area contributed by atoms with Crippen LogP contribution in [-0.2, 0) is 0 Å². The Bertz CT molecular complexity index is 291. The number of hydrogen-bond acceptors (Lipinski definition) is 2. The van der Waals surface area contributed by atoms with Gasteiger partial charge in [0.1, 0.15) is 11.6 Å². The van der Waals surface area contributed by atoms with Gasteiger partial charge >= 0.3 is 0 Å². The minimum absolute atomic E-state index is 0.145. The molecular weight excluding hydrogens is 206 g/mol. The molecule has 0 aliphatic heterocycles. The number of halogens is 2. The van der Waals surface area contributed by atoms with E-state index in [0.29, 0.717) is 17.1 Å². The van der Waals surface area contributed by atoms with E-state index in [2.05, 4.69) is 0 Å². The largest absolute Gasteiger partial charge is 0.396 e. The molecule has 1 N–H and O–H groups in total. The lowest BCUT2D eigenvalue weighted by Crippen LogP contribution is -1.88. The molecule has 0 aliphatic rings. The van der Waals surface area contributed by atoms with Crippen LogP contribution >= 0.6 is 11.8 Å². The number of rotatable bonds is 5. The highest BCUT2D eigenvalue weighted by molar-refractivity contribution is 7.99. The van der Waals surface area contributed by atoms with Gasteiger partial charge in [-0.05, 0) is 36.8 Å². The van der Waals surface area contributed by atoms with Crippen LogP contribution < -0.4 is 0 Å². The molecule has 0 atom stereocenters. The Balaban J connectivity index is 2.45. The van der Waals surface area contributed by atoms with Gasteiger partial charge in [-0.2, -0.15) is 0 Å². The van der Waals surface area contributed by atoms with Crippen molar-refractivity contribution in [2.75, 3.05) is 12.4 Å². The van der Waals surface area contributed by atoms with Crippen molar-refractivity contribution in [2.45, 2.75) is 17.7 Å². The molecule has 1 aromatic carbocycles. The maximum absolute atomic E-state index is 13.0. The Morgan fingerprint density at radius 1 is 1.21 bits per heavy atom. The lowest BCUT2D eigenvalue weighted by Gasteiger charge is -2.02. The highest BCUT2D eigenvalue weighted by Gasteiger charge is 2.03. The van der Waals surface area contributed by atoms with E-state index in [0.717, 1.165) is 18.6 Å². The summed E-state index contributed by atoms with van der Waals surface area (Å²) < 4.78 is 25.7. The summed E-state index contributed by atoms with van der Waals surface area (Å²) in [6.07, 6.45) is 1.50. The highest BCUT2D eigenvalue weighted by Crippen LogP contribution is 2.23. The first-order valence-electron chi connectivity index (χ1n) is 4.43. The third-order valence-corrected chi connectivity index (χ3v) is 2.82. The summed E-state index contributed by atoms with van der Waals surface area (Å²) in [5.74, 6) is -0.113. The quantitative estimate of drug-likeness (QED) is 0.605. The second-order valence-corrected chi connectivity index (χ2v) is 3.99. The van der Waals surface area contributed by atoms with Gasteiger partial charge in [-0.25, -0.2) is 8.78 Å². The normalized spacial score (nSPS) is 10.5. The third-order valence-electron chi connectivity index (χ3n) is 1.70. The number of unbranched alkanes of at least 4 members (excludes halogenated alkanes) is 1. The molecule has 0 aliphatic carbocycles. The maximum Gasteiger partial charge on any atom is 0.136 e. The summed E-state index contributed by atoms with van der Waals surface area (Å²) in [7, 11) is 0. The predicted molar refractivity (Wildman–Crippen MR) is 53.4 cm³/mol. The van der Waals surface area contributed by atoms with Crippen LogP contribution in [0.1, 0.15) is 12.8 Å². The van der Waals surface area contributed by atoms with Gasteiger partial charge < -0.3 is 5.11 Å². The minimum atomic E-state index is -0.420. The Morgan fingerprint density at radius 3 is 2.71 bits per heavy atom. The van der Waals surface area contributed by atoms with Crippen LogP contribution in [0, 0.1) is 11.6 Å². The summed E-state index contributed by atoms with van der Waals surface area (Å²) >= 11 is 1.28. The van der Waals surface area contributed by atoms with Crippen LogP contribution in [0.25, 0.3) is 0 Å². The molecule has 0 amide bonds. The van der Waals surface area contributed by atoms with E-state index < -0.39 is 5.82 Å².